The molecule has 0 amide bonds. The van der Waals surface area contributed by atoms with Crippen LogP contribution in [-0.2, 0) is 33.3 Å². The topological polar surface area (TPSA) is 111 Å². The fraction of sp³-hybridized carbons (Fsp3) is 0.912. The number of rotatable bonds is 75. The summed E-state index contributed by atoms with van der Waals surface area (Å²) >= 11 is 0. The molecule has 89 heavy (non-hydrogen) atoms. The Kier molecular flexibility index (Phi) is 69.8. The molecule has 0 saturated heterocycles. The van der Waals surface area contributed by atoms with Crippen molar-refractivity contribution in [1.29, 1.82) is 0 Å². The van der Waals surface area contributed by atoms with Gasteiger partial charge in [0.2, 0.25) is 0 Å². The summed E-state index contributed by atoms with van der Waals surface area (Å²) in [6.45, 7) is 4.83. The zero-order valence-corrected chi connectivity index (χ0v) is 60.3. The third kappa shape index (κ3) is 73.1. The van der Waals surface area contributed by atoms with Crippen molar-refractivity contribution in [3.63, 3.8) is 0 Å². The molecular weight excluding hydrogens is 1100 g/mol. The second kappa shape index (κ2) is 71.6. The molecule has 0 fully saturated rings. The number of carbonyl (C=O) groups excluding carboxylic acids is 3. The first-order chi connectivity index (χ1) is 43.6. The van der Waals surface area contributed by atoms with Crippen LogP contribution in [0, 0.1) is 0 Å². The molecule has 0 radical (unpaired) electrons. The van der Waals surface area contributed by atoms with Crippen LogP contribution in [0.25, 0.3) is 0 Å². The summed E-state index contributed by atoms with van der Waals surface area (Å²) in [4.78, 5) is 37.6. The van der Waals surface area contributed by atoms with Crippen LogP contribution < -0.4 is 5.11 Å². The van der Waals surface area contributed by atoms with Crippen LogP contribution in [0.5, 0.6) is 0 Å². The molecule has 0 saturated carbocycles. The summed E-state index contributed by atoms with van der Waals surface area (Å²) in [6.07, 6.45) is 87.4. The lowest BCUT2D eigenvalue weighted by Gasteiger charge is -2.26. The predicted octanol–water partition coefficient (Wildman–Crippen LogP) is 23.6. The van der Waals surface area contributed by atoms with E-state index in [0.29, 0.717) is 17.4 Å². The first-order valence-corrected chi connectivity index (χ1v) is 39.5. The van der Waals surface area contributed by atoms with E-state index in [1.807, 2.05) is 21.1 Å². The molecule has 0 heterocycles. The Morgan fingerprint density at radius 3 is 0.888 bits per heavy atom. The molecule has 0 aliphatic carbocycles. The van der Waals surface area contributed by atoms with Crippen molar-refractivity contribution in [1.82, 2.24) is 0 Å². The van der Waals surface area contributed by atoms with Gasteiger partial charge in [-0.05, 0) is 44.9 Å². The molecule has 526 valence electrons. The fourth-order valence-corrected chi connectivity index (χ4v) is 12.2. The molecule has 0 aliphatic heterocycles. The molecule has 2 atom stereocenters. The van der Waals surface area contributed by atoms with Crippen LogP contribution in [0.3, 0.4) is 0 Å². The summed E-state index contributed by atoms with van der Waals surface area (Å²) < 4.78 is 22.9. The van der Waals surface area contributed by atoms with Gasteiger partial charge in [0.1, 0.15) is 13.2 Å². The standard InChI is InChI=1S/C80H153NO8/c1-6-8-10-12-14-16-18-20-22-24-26-28-30-32-33-34-35-36-37-38-39-40-41-42-43-44-45-47-49-51-53-55-57-59-61-63-65-67-69-71-78(83)89-76(75-88-80(79(84)85)86-73-72-81(3,4)5)74-87-77(82)70-68-66-64-62-60-58-56-54-52-50-48-46-31-29-27-25-23-21-19-17-15-13-11-9-7-2/h18,20,24,26,76,80H,6-17,19,21-23,25,27-75H2,1-5H3/b20-18-,26-24-. The van der Waals surface area contributed by atoms with E-state index in [-0.39, 0.29) is 32.2 Å². The second-order valence-corrected chi connectivity index (χ2v) is 28.4. The van der Waals surface area contributed by atoms with Gasteiger partial charge in [-0.15, -0.1) is 0 Å². The summed E-state index contributed by atoms with van der Waals surface area (Å²) in [5, 5.41) is 11.8. The van der Waals surface area contributed by atoms with Crippen LogP contribution in [0.2, 0.25) is 0 Å². The molecule has 9 nitrogen and oxygen atoms in total. The fourth-order valence-electron chi connectivity index (χ4n) is 12.2. The second-order valence-electron chi connectivity index (χ2n) is 28.4. The first-order valence-electron chi connectivity index (χ1n) is 39.5. The van der Waals surface area contributed by atoms with Crippen molar-refractivity contribution in [2.24, 2.45) is 0 Å². The number of carboxylic acid groups (broad SMARTS) is 1. The van der Waals surface area contributed by atoms with Gasteiger partial charge in [-0.1, -0.05) is 378 Å². The van der Waals surface area contributed by atoms with E-state index in [9.17, 15) is 19.5 Å². The van der Waals surface area contributed by atoms with Crippen LogP contribution in [-0.4, -0.2) is 82.3 Å². The quantitative estimate of drug-likeness (QED) is 0.0195. The van der Waals surface area contributed by atoms with Crippen molar-refractivity contribution in [2.75, 3.05) is 47.5 Å². The number of hydrogen-bond acceptors (Lipinski definition) is 8. The molecule has 0 rings (SSSR count). The Labute approximate surface area is 554 Å². The molecule has 0 N–H and O–H groups in total. The van der Waals surface area contributed by atoms with Gasteiger partial charge in [-0.2, -0.15) is 0 Å². The number of nitrogens with zero attached hydrogens (tertiary/aromatic N) is 1. The van der Waals surface area contributed by atoms with E-state index < -0.39 is 24.3 Å². The normalized spacial score (nSPS) is 12.7. The molecule has 0 aromatic heterocycles. The summed E-state index contributed by atoms with van der Waals surface area (Å²) in [5.74, 6) is -2.24. The van der Waals surface area contributed by atoms with Gasteiger partial charge in [0.25, 0.3) is 0 Å². The lowest BCUT2D eigenvalue weighted by atomic mass is 10.0. The van der Waals surface area contributed by atoms with Gasteiger partial charge in [0.15, 0.2) is 12.4 Å². The minimum absolute atomic E-state index is 0.153. The number of allylic oxidation sites excluding steroid dienone is 4. The molecule has 0 spiro atoms. The van der Waals surface area contributed by atoms with Crippen LogP contribution in [0.1, 0.15) is 412 Å². The third-order valence-electron chi connectivity index (χ3n) is 18.2. The third-order valence-corrected chi connectivity index (χ3v) is 18.2. The van der Waals surface area contributed by atoms with E-state index in [1.165, 1.54) is 340 Å². The maximum Gasteiger partial charge on any atom is 0.306 e. The minimum Gasteiger partial charge on any atom is -0.545 e. The Balaban J connectivity index is 3.94. The van der Waals surface area contributed by atoms with Gasteiger partial charge >= 0.3 is 11.9 Å². The van der Waals surface area contributed by atoms with E-state index in [1.54, 1.807) is 0 Å². The number of quaternary nitrogens is 1. The number of carboxylic acids is 1. The lowest BCUT2D eigenvalue weighted by molar-refractivity contribution is -0.870. The zero-order chi connectivity index (χ0) is 64.7. The molecule has 9 heteroatoms. The molecule has 0 aromatic carbocycles. The number of carbonyl (C=O) groups is 3. The van der Waals surface area contributed by atoms with Gasteiger partial charge in [-0.3, -0.25) is 9.59 Å². The summed E-state index contributed by atoms with van der Waals surface area (Å²) in [6, 6.07) is 0. The number of hydrogen-bond donors (Lipinski definition) is 0. The van der Waals surface area contributed by atoms with E-state index in [0.717, 1.165) is 44.9 Å². The summed E-state index contributed by atoms with van der Waals surface area (Å²) in [7, 11) is 5.95. The highest BCUT2D eigenvalue weighted by molar-refractivity contribution is 5.70. The maximum absolute atomic E-state index is 13.0. The van der Waals surface area contributed by atoms with E-state index in [4.69, 9.17) is 18.9 Å². The Morgan fingerprint density at radius 2 is 0.607 bits per heavy atom. The number of ether oxygens (including phenoxy) is 4. The van der Waals surface area contributed by atoms with Crippen LogP contribution in [0.15, 0.2) is 24.3 Å². The van der Waals surface area contributed by atoms with Crippen molar-refractivity contribution in [3.8, 4) is 0 Å². The Bertz CT molecular complexity index is 1510. The average Bonchev–Trinajstić information content (AvgIpc) is 3.64. The Hall–Kier alpha value is -2.23. The monoisotopic (exact) mass is 1260 g/mol. The largest absolute Gasteiger partial charge is 0.545 e. The molecule has 0 bridgehead atoms. The highest BCUT2D eigenvalue weighted by atomic mass is 16.7. The SMILES string of the molecule is CCCCCCC/C=C\C/C=C\CCCCCCCCCCCCCCCCCCCCCCCCCCCCCC(=O)OC(COC(=O)CCCCCCCCCCCCCCCCCCCCCCCCCCC)COC(OCC[N+](C)(C)C)C(=O)[O-]. The number of esters is 2. The van der Waals surface area contributed by atoms with Gasteiger partial charge < -0.3 is 33.3 Å². The molecule has 0 aromatic rings. The highest BCUT2D eigenvalue weighted by Gasteiger charge is 2.22. The van der Waals surface area contributed by atoms with Crippen molar-refractivity contribution < 1.29 is 42.9 Å². The van der Waals surface area contributed by atoms with Crippen molar-refractivity contribution in [3.05, 3.63) is 24.3 Å². The van der Waals surface area contributed by atoms with Crippen molar-refractivity contribution >= 4 is 17.9 Å². The predicted molar refractivity (Wildman–Crippen MR) is 380 cm³/mol. The maximum atomic E-state index is 13.0. The molecule has 0 aliphatic rings. The van der Waals surface area contributed by atoms with Crippen LogP contribution in [0.4, 0.5) is 0 Å². The number of unbranched alkanes of at least 4 members (excludes halogenated alkanes) is 56. The summed E-state index contributed by atoms with van der Waals surface area (Å²) in [5.41, 5.74) is 0. The zero-order valence-electron chi connectivity index (χ0n) is 60.3. The number of aliphatic carboxylic acids is 1. The number of likely N-dealkylation sites (N-methyl/N-ethyl adjacent to an activating group) is 1. The highest BCUT2D eigenvalue weighted by Crippen LogP contribution is 2.20. The Morgan fingerprint density at radius 1 is 0.337 bits per heavy atom. The lowest BCUT2D eigenvalue weighted by Crippen LogP contribution is -2.44. The molecular formula is C80H153NO8. The minimum atomic E-state index is -1.62. The van der Waals surface area contributed by atoms with Gasteiger partial charge in [0, 0.05) is 12.8 Å². The molecule has 2 unspecified atom stereocenters. The van der Waals surface area contributed by atoms with Crippen LogP contribution >= 0.6 is 0 Å². The average molecular weight is 1260 g/mol. The van der Waals surface area contributed by atoms with Gasteiger partial charge in [0.05, 0.1) is 40.3 Å². The smallest absolute Gasteiger partial charge is 0.306 e. The van der Waals surface area contributed by atoms with Gasteiger partial charge in [-0.25, -0.2) is 0 Å². The first kappa shape index (κ1) is 86.8. The van der Waals surface area contributed by atoms with E-state index in [2.05, 4.69) is 38.2 Å². The van der Waals surface area contributed by atoms with Crippen molar-refractivity contribution in [2.45, 2.75) is 424 Å². The van der Waals surface area contributed by atoms with E-state index >= 15 is 0 Å².